The maximum atomic E-state index is 8.89. The third kappa shape index (κ3) is 13.6. The first kappa shape index (κ1) is 13.0. The van der Waals surface area contributed by atoms with Crippen LogP contribution in [0.2, 0.25) is 0 Å². The Morgan fingerprint density at radius 3 is 1.07 bits per heavy atom. The molecule has 0 atom stereocenters. The van der Waals surface area contributed by atoms with E-state index >= 15 is 0 Å². The van der Waals surface area contributed by atoms with Crippen LogP contribution in [-0.4, -0.2) is 8.42 Å². The smallest absolute Gasteiger partial charge is 0.172 e. The topological polar surface area (TPSA) is 34.1 Å². The van der Waals surface area contributed by atoms with Crippen molar-refractivity contribution in [2.24, 2.45) is 0 Å². The Kier molecular flexibility index (Phi) is 9.43. The Hall–Kier alpha value is -0.961. The summed E-state index contributed by atoms with van der Waals surface area (Å²) < 4.78 is 17.8. The number of hydrogen-bond acceptors (Lipinski definition) is 2. The summed E-state index contributed by atoms with van der Waals surface area (Å²) in [6.45, 7) is 0. The second-order valence-corrected chi connectivity index (χ2v) is 3.59. The van der Waals surface area contributed by atoms with Gasteiger partial charge in [0.1, 0.15) is 0 Å². The van der Waals surface area contributed by atoms with Crippen LogP contribution in [0.3, 0.4) is 0 Å². The number of hydrogen-bond donors (Lipinski definition) is 0. The maximum absolute atomic E-state index is 8.89. The molecule has 0 saturated carbocycles. The number of rotatable bonds is 0. The van der Waals surface area contributed by atoms with Gasteiger partial charge in [0.05, 0.1) is 0 Å². The largest absolute Gasteiger partial charge is 0.214 e. The van der Waals surface area contributed by atoms with E-state index < -0.39 is 8.63 Å². The maximum Gasteiger partial charge on any atom is -0.172 e. The van der Waals surface area contributed by atoms with Crippen molar-refractivity contribution in [1.29, 1.82) is 0 Å². The molecule has 0 N–H and O–H groups in total. The standard InChI is InChI=1S/2C5H5.Fe.O2S/c2*1-2-4-5-3-1;;1-3-2/h2*1-5H;;/q2*-1;;. The molecule has 0 radical (unpaired) electrons. The van der Waals surface area contributed by atoms with Crippen molar-refractivity contribution in [1.82, 2.24) is 0 Å². The second kappa shape index (κ2) is 10.1. The first-order chi connectivity index (χ1) is 6.73. The molecule has 0 spiro atoms. The van der Waals surface area contributed by atoms with Gasteiger partial charge in [0.2, 0.25) is 0 Å². The van der Waals surface area contributed by atoms with Gasteiger partial charge in [-0.2, -0.15) is 36.4 Å². The van der Waals surface area contributed by atoms with E-state index in [1.165, 1.54) is 0 Å². The van der Waals surface area contributed by atoms with Gasteiger partial charge in [-0.05, 0) is 0 Å². The van der Waals surface area contributed by atoms with Crippen LogP contribution in [0.5, 0.6) is 0 Å². The predicted molar refractivity (Wildman–Crippen MR) is 53.0 cm³/mol. The molecule has 0 amide bonds. The molecule has 0 heterocycles. The molecule has 2 aromatic carbocycles. The third-order valence-electron chi connectivity index (χ3n) is 1.11. The van der Waals surface area contributed by atoms with Gasteiger partial charge >= 0.3 is 31.4 Å². The van der Waals surface area contributed by atoms with E-state index in [2.05, 4.69) is 14.4 Å². The van der Waals surface area contributed by atoms with Crippen molar-refractivity contribution in [3.63, 3.8) is 0 Å². The molecule has 0 aromatic heterocycles. The van der Waals surface area contributed by atoms with E-state index in [4.69, 9.17) is 8.42 Å². The summed E-state index contributed by atoms with van der Waals surface area (Å²) in [6, 6.07) is 20.0. The van der Waals surface area contributed by atoms with Crippen LogP contribution in [-0.2, 0) is 23.0 Å². The monoisotopic (exact) mass is 250 g/mol. The summed E-state index contributed by atoms with van der Waals surface area (Å²) in [5.74, 6) is 0. The van der Waals surface area contributed by atoms with E-state index in [0.29, 0.717) is 0 Å². The van der Waals surface area contributed by atoms with E-state index in [1.54, 1.807) is 0 Å². The minimum absolute atomic E-state index is 2.00. The fraction of sp³-hybridized carbons (Fsp3) is 0. The van der Waals surface area contributed by atoms with Crippen molar-refractivity contribution < 1.29 is 22.8 Å². The SMILES string of the molecule is O=[S](=O)=[Fe].c1cc[cH-]c1.c1cc[cH-]c1. The van der Waals surface area contributed by atoms with Gasteiger partial charge in [-0.15, -0.1) is 0 Å². The van der Waals surface area contributed by atoms with E-state index in [-0.39, 0.29) is 0 Å². The minimum Gasteiger partial charge on any atom is -0.214 e. The minimum atomic E-state index is -2.11. The molecular formula is C10H10FeO2S-2. The van der Waals surface area contributed by atoms with Crippen LogP contribution in [0.1, 0.15) is 0 Å². The summed E-state index contributed by atoms with van der Waals surface area (Å²) in [4.78, 5) is 0. The van der Waals surface area contributed by atoms with E-state index in [9.17, 15) is 0 Å². The van der Waals surface area contributed by atoms with Crippen molar-refractivity contribution in [2.75, 3.05) is 0 Å². The molecule has 0 aliphatic carbocycles. The van der Waals surface area contributed by atoms with Crippen LogP contribution in [0, 0.1) is 0 Å². The Balaban J connectivity index is 0.000000183. The summed E-state index contributed by atoms with van der Waals surface area (Å²) >= 11 is 2.56. The predicted octanol–water partition coefficient (Wildman–Crippen LogP) is 2.14. The van der Waals surface area contributed by atoms with Gasteiger partial charge in [-0.3, -0.25) is 0 Å². The van der Waals surface area contributed by atoms with Gasteiger partial charge in [0.15, 0.2) is 0 Å². The quantitative estimate of drug-likeness (QED) is 0.530. The summed E-state index contributed by atoms with van der Waals surface area (Å²) in [7, 11) is -2.11. The molecule has 14 heavy (non-hydrogen) atoms. The van der Waals surface area contributed by atoms with E-state index in [1.807, 2.05) is 60.7 Å². The molecule has 0 aliphatic heterocycles. The summed E-state index contributed by atoms with van der Waals surface area (Å²) in [5.41, 5.74) is 0. The van der Waals surface area contributed by atoms with Crippen LogP contribution in [0.25, 0.3) is 0 Å². The Labute approximate surface area is 92.1 Å². The molecule has 0 fully saturated rings. The fourth-order valence-corrected chi connectivity index (χ4v) is 0.642. The van der Waals surface area contributed by atoms with Gasteiger partial charge in [-0.1, -0.05) is 0 Å². The first-order valence-electron chi connectivity index (χ1n) is 3.81. The molecule has 0 bridgehead atoms. The van der Waals surface area contributed by atoms with Crippen LogP contribution in [0.15, 0.2) is 60.7 Å². The van der Waals surface area contributed by atoms with Gasteiger partial charge < -0.3 is 0 Å². The third-order valence-corrected chi connectivity index (χ3v) is 1.11. The summed E-state index contributed by atoms with van der Waals surface area (Å²) in [5, 5.41) is 0. The average Bonchev–Trinajstić information content (AvgIpc) is 2.83. The van der Waals surface area contributed by atoms with Crippen molar-refractivity contribution in [2.45, 2.75) is 0 Å². The molecule has 0 unspecified atom stereocenters. The van der Waals surface area contributed by atoms with Gasteiger partial charge in [0, 0.05) is 0 Å². The second-order valence-electron chi connectivity index (χ2n) is 2.11. The van der Waals surface area contributed by atoms with Gasteiger partial charge in [-0.25, -0.2) is 24.3 Å². The zero-order chi connectivity index (χ0) is 10.6. The Bertz CT molecular complexity index is 305. The zero-order valence-electron chi connectivity index (χ0n) is 7.35. The molecule has 2 nitrogen and oxygen atoms in total. The average molecular weight is 250 g/mol. The molecular weight excluding hydrogens is 240 g/mol. The Morgan fingerprint density at radius 2 is 1.00 bits per heavy atom. The van der Waals surface area contributed by atoms with Crippen molar-refractivity contribution >= 4 is 8.63 Å². The normalized spacial score (nSPS) is 7.50. The molecule has 78 valence electrons. The molecule has 0 saturated heterocycles. The Morgan fingerprint density at radius 1 is 0.786 bits per heavy atom. The van der Waals surface area contributed by atoms with E-state index in [0.717, 1.165) is 0 Å². The molecule has 0 aliphatic rings. The summed E-state index contributed by atoms with van der Waals surface area (Å²) in [6.07, 6.45) is 0. The van der Waals surface area contributed by atoms with Crippen molar-refractivity contribution in [3.05, 3.63) is 60.7 Å². The first-order valence-corrected chi connectivity index (χ1v) is 6.12. The molecule has 2 aromatic rings. The molecule has 2 rings (SSSR count). The van der Waals surface area contributed by atoms with Crippen LogP contribution >= 0.6 is 0 Å². The fourth-order valence-electron chi connectivity index (χ4n) is 0.642. The van der Waals surface area contributed by atoms with Crippen LogP contribution < -0.4 is 0 Å². The van der Waals surface area contributed by atoms with Crippen molar-refractivity contribution in [3.8, 4) is 0 Å². The zero-order valence-corrected chi connectivity index (χ0v) is 9.27. The van der Waals surface area contributed by atoms with Crippen LogP contribution in [0.4, 0.5) is 0 Å². The van der Waals surface area contributed by atoms with Gasteiger partial charge in [0.25, 0.3) is 0 Å². The molecule has 4 heteroatoms.